The Morgan fingerprint density at radius 3 is 1.63 bits per heavy atom. The van der Waals surface area contributed by atoms with Crippen molar-refractivity contribution in [3.63, 3.8) is 0 Å². The molecule has 43 heavy (non-hydrogen) atoms. The normalized spacial score (nSPS) is 18.3. The molecule has 0 saturated carbocycles. The molecular formula is C24H39F14N2O2S+. The third-order valence-corrected chi connectivity index (χ3v) is 8.01. The lowest BCUT2D eigenvalue weighted by atomic mass is 9.83. The molecule has 4 unspecified atom stereocenters. The summed E-state index contributed by atoms with van der Waals surface area (Å²) >= 11 is 0. The minimum Gasteiger partial charge on any atom is -0.331 e. The average molecular weight is 686 g/mol. The second-order valence-corrected chi connectivity index (χ2v) is 14.3. The Kier molecular flexibility index (Phi) is 14.2. The van der Waals surface area contributed by atoms with Crippen molar-refractivity contribution in [1.29, 1.82) is 0 Å². The van der Waals surface area contributed by atoms with Crippen LogP contribution < -0.4 is 4.72 Å². The van der Waals surface area contributed by atoms with Crippen molar-refractivity contribution >= 4 is 10.0 Å². The molecule has 0 aliphatic carbocycles. The summed E-state index contributed by atoms with van der Waals surface area (Å²) in [5.41, 5.74) is -4.55. The molecule has 0 aliphatic rings. The fourth-order valence-corrected chi connectivity index (χ4v) is 5.65. The minimum absolute atomic E-state index is 0.134. The van der Waals surface area contributed by atoms with Gasteiger partial charge in [0, 0.05) is 19.4 Å². The van der Waals surface area contributed by atoms with Gasteiger partial charge in [0.2, 0.25) is 15.7 Å². The molecule has 4 atom stereocenters. The van der Waals surface area contributed by atoms with Crippen molar-refractivity contribution < 1.29 is 74.4 Å². The van der Waals surface area contributed by atoms with Crippen molar-refractivity contribution in [2.24, 2.45) is 17.8 Å². The highest BCUT2D eigenvalue weighted by Crippen LogP contribution is 2.47. The van der Waals surface area contributed by atoms with Gasteiger partial charge in [-0.3, -0.25) is 0 Å². The molecule has 260 valence electrons. The third-order valence-electron chi connectivity index (χ3n) is 6.59. The van der Waals surface area contributed by atoms with Gasteiger partial charge in [0.25, 0.3) is 11.8 Å². The van der Waals surface area contributed by atoms with Gasteiger partial charge in [0.15, 0.2) is 0 Å². The number of nitrogens with one attached hydrogen (secondary N) is 1. The van der Waals surface area contributed by atoms with Gasteiger partial charge >= 0.3 is 18.5 Å². The fourth-order valence-electron chi connectivity index (χ4n) is 4.45. The van der Waals surface area contributed by atoms with Crippen LogP contribution in [-0.2, 0) is 10.0 Å². The zero-order valence-corrected chi connectivity index (χ0v) is 25.1. The van der Waals surface area contributed by atoms with Gasteiger partial charge < -0.3 is 4.48 Å². The lowest BCUT2D eigenvalue weighted by Crippen LogP contribution is -2.44. The number of hydrogen-bond acceptors (Lipinski definition) is 2. The Morgan fingerprint density at radius 1 is 0.721 bits per heavy atom. The quantitative estimate of drug-likeness (QED) is 0.0907. The number of hydrogen-bond donors (Lipinski definition) is 1. The molecule has 0 aromatic heterocycles. The van der Waals surface area contributed by atoms with Gasteiger partial charge in [0.1, 0.15) is 0 Å². The molecule has 0 bridgehead atoms. The molecule has 19 heteroatoms. The highest BCUT2D eigenvalue weighted by molar-refractivity contribution is 7.89. The van der Waals surface area contributed by atoms with Crippen LogP contribution in [-0.4, -0.2) is 88.9 Å². The Bertz CT molecular complexity index is 955. The lowest BCUT2D eigenvalue weighted by Gasteiger charge is -2.32. The van der Waals surface area contributed by atoms with E-state index in [1.165, 1.54) is 0 Å². The molecule has 0 spiro atoms. The van der Waals surface area contributed by atoms with Gasteiger partial charge in [-0.05, 0) is 32.1 Å². The highest BCUT2D eigenvalue weighted by Gasteiger charge is 2.59. The molecular weight excluding hydrogens is 646 g/mol. The predicted octanol–water partition coefficient (Wildman–Crippen LogP) is 7.90. The van der Waals surface area contributed by atoms with Crippen molar-refractivity contribution in [2.45, 2.75) is 94.8 Å². The molecule has 0 aliphatic heterocycles. The van der Waals surface area contributed by atoms with E-state index in [0.29, 0.717) is 24.4 Å². The number of rotatable bonds is 18. The molecule has 0 heterocycles. The van der Waals surface area contributed by atoms with E-state index in [1.54, 1.807) is 21.1 Å². The van der Waals surface area contributed by atoms with E-state index in [1.807, 2.05) is 0 Å². The van der Waals surface area contributed by atoms with E-state index in [9.17, 15) is 69.9 Å². The maximum absolute atomic E-state index is 14.3. The van der Waals surface area contributed by atoms with E-state index in [-0.39, 0.29) is 13.5 Å². The number of nitrogens with zero attached hydrogens (tertiary/aromatic N) is 1. The summed E-state index contributed by atoms with van der Waals surface area (Å²) in [4.78, 5) is 0. The van der Waals surface area contributed by atoms with Crippen LogP contribution in [0, 0.1) is 17.8 Å². The maximum Gasteiger partial charge on any atom is 0.422 e. The number of halogens is 14. The summed E-state index contributed by atoms with van der Waals surface area (Å²) < 4.78 is 216. The van der Waals surface area contributed by atoms with Crippen molar-refractivity contribution in [2.75, 3.05) is 40.0 Å². The molecule has 1 N–H and O–H groups in total. The van der Waals surface area contributed by atoms with Gasteiger partial charge in [-0.2, -0.15) is 39.5 Å². The van der Waals surface area contributed by atoms with E-state index in [0.717, 1.165) is 0 Å². The van der Waals surface area contributed by atoms with Crippen LogP contribution in [0.15, 0.2) is 0 Å². The van der Waals surface area contributed by atoms with Crippen LogP contribution in [0.4, 0.5) is 61.5 Å². The summed E-state index contributed by atoms with van der Waals surface area (Å²) in [5.74, 6) is -18.3. The minimum atomic E-state index is -5.82. The van der Waals surface area contributed by atoms with E-state index in [4.69, 9.17) is 0 Å². The first-order chi connectivity index (χ1) is 18.7. The fraction of sp³-hybridized carbons (Fsp3) is 1.00. The second kappa shape index (κ2) is 14.5. The summed E-state index contributed by atoms with van der Waals surface area (Å²) in [7, 11) is 1.09. The SMILES string of the molecule is CC(CC(CC(CCS(=O)(=O)NCCC[N+](C)(C)C)C(F)(F)F)C(F)(F)F)CC(F)(F)CC(F)(F)CC(C)(F)C(F)(F)F. The first kappa shape index (κ1) is 41.9. The van der Waals surface area contributed by atoms with E-state index in [2.05, 4.69) is 4.72 Å². The topological polar surface area (TPSA) is 46.2 Å². The standard InChI is InChI=1S/C24H39F14N2O2S/c1-16(13-20(26,27)15-21(28,29)14-19(2,25)24(36,37)38)11-18(23(33,34)35)12-17(22(30,31)32)7-10-43(41,42)39-8-6-9-40(3,4)5/h16-18,39H,6-15H2,1-5H3/q+1. The summed E-state index contributed by atoms with van der Waals surface area (Å²) in [6.07, 6.45) is -27.7. The summed E-state index contributed by atoms with van der Waals surface area (Å²) in [6, 6.07) is 0. The Balaban J connectivity index is 5.51. The van der Waals surface area contributed by atoms with Gasteiger partial charge in [0.05, 0.1) is 58.1 Å². The van der Waals surface area contributed by atoms with Crippen molar-refractivity contribution in [3.05, 3.63) is 0 Å². The van der Waals surface area contributed by atoms with E-state index < -0.39 is 108 Å². The first-order valence-electron chi connectivity index (χ1n) is 13.1. The first-order valence-corrected chi connectivity index (χ1v) is 14.8. The van der Waals surface area contributed by atoms with Crippen LogP contribution >= 0.6 is 0 Å². The zero-order chi connectivity index (χ0) is 34.5. The van der Waals surface area contributed by atoms with Crippen molar-refractivity contribution in [1.82, 2.24) is 4.72 Å². The molecule has 0 radical (unpaired) electrons. The monoisotopic (exact) mass is 685 g/mol. The molecule has 0 rings (SSSR count). The van der Waals surface area contributed by atoms with Gasteiger partial charge in [-0.25, -0.2) is 35.1 Å². The Hall–Kier alpha value is -1.11. The predicted molar refractivity (Wildman–Crippen MR) is 131 cm³/mol. The van der Waals surface area contributed by atoms with Crippen LogP contribution in [0.3, 0.4) is 0 Å². The molecule has 0 aromatic rings. The Morgan fingerprint density at radius 2 is 1.21 bits per heavy atom. The molecule has 0 fully saturated rings. The maximum atomic E-state index is 14.3. The highest BCUT2D eigenvalue weighted by atomic mass is 32.2. The zero-order valence-electron chi connectivity index (χ0n) is 24.3. The number of sulfonamides is 1. The largest absolute Gasteiger partial charge is 0.422 e. The van der Waals surface area contributed by atoms with Crippen LogP contribution in [0.25, 0.3) is 0 Å². The summed E-state index contributed by atoms with van der Waals surface area (Å²) in [6.45, 7) is 0.775. The summed E-state index contributed by atoms with van der Waals surface area (Å²) in [5, 5.41) is 0. The third kappa shape index (κ3) is 17.2. The lowest BCUT2D eigenvalue weighted by molar-refractivity contribution is -0.870. The number of alkyl halides is 14. The van der Waals surface area contributed by atoms with Gasteiger partial charge in [-0.1, -0.05) is 6.92 Å². The van der Waals surface area contributed by atoms with E-state index >= 15 is 0 Å². The van der Waals surface area contributed by atoms with Crippen molar-refractivity contribution in [3.8, 4) is 0 Å². The van der Waals surface area contributed by atoms with Crippen LogP contribution in [0.2, 0.25) is 0 Å². The smallest absolute Gasteiger partial charge is 0.331 e. The molecule has 0 aromatic carbocycles. The number of quaternary nitrogens is 1. The van der Waals surface area contributed by atoms with Gasteiger partial charge in [-0.15, -0.1) is 0 Å². The average Bonchev–Trinajstić information content (AvgIpc) is 2.67. The molecule has 0 amide bonds. The second-order valence-electron chi connectivity index (χ2n) is 12.4. The Labute approximate surface area is 242 Å². The molecule has 4 nitrogen and oxygen atoms in total. The molecule has 0 saturated heterocycles. The van der Waals surface area contributed by atoms with Crippen LogP contribution in [0.5, 0.6) is 0 Å². The van der Waals surface area contributed by atoms with Crippen LogP contribution in [0.1, 0.15) is 58.8 Å².